The summed E-state index contributed by atoms with van der Waals surface area (Å²) in [6.45, 7) is 7.37. The molecule has 0 spiro atoms. The molecule has 0 bridgehead atoms. The maximum absolute atomic E-state index is 13.7. The summed E-state index contributed by atoms with van der Waals surface area (Å²) in [5.41, 5.74) is 2.59. The minimum absolute atomic E-state index is 0.400. The van der Waals surface area contributed by atoms with Crippen LogP contribution in [0.1, 0.15) is 45.1 Å². The number of ether oxygens (including phenoxy) is 1. The van der Waals surface area contributed by atoms with E-state index in [-0.39, 0.29) is 0 Å². The van der Waals surface area contributed by atoms with Crippen LogP contribution in [0.15, 0.2) is 42.6 Å². The number of rotatable bonds is 6. The fraction of sp³-hybridized carbons (Fsp3) is 0.455. The van der Waals surface area contributed by atoms with Gasteiger partial charge >= 0.3 is 6.09 Å². The quantitative estimate of drug-likeness (QED) is 0.752. The van der Waals surface area contributed by atoms with Crippen molar-refractivity contribution in [2.75, 3.05) is 6.67 Å². The Bertz CT molecular complexity index is 837. The van der Waals surface area contributed by atoms with Gasteiger partial charge in [-0.25, -0.2) is 9.18 Å². The van der Waals surface area contributed by atoms with Crippen LogP contribution in [-0.2, 0) is 11.3 Å². The molecule has 0 saturated carbocycles. The van der Waals surface area contributed by atoms with Gasteiger partial charge in [-0.15, -0.1) is 0 Å². The Hall–Kier alpha value is -2.51. The summed E-state index contributed by atoms with van der Waals surface area (Å²) in [5, 5.41) is 12.8. The van der Waals surface area contributed by atoms with Gasteiger partial charge in [0.15, 0.2) is 0 Å². The van der Waals surface area contributed by atoms with Crippen molar-refractivity contribution in [1.29, 1.82) is 0 Å². The van der Waals surface area contributed by atoms with E-state index in [9.17, 15) is 14.3 Å². The van der Waals surface area contributed by atoms with Gasteiger partial charge in [0, 0.05) is 24.3 Å². The average molecular weight is 401 g/mol. The molecule has 6 nitrogen and oxygen atoms in total. The highest BCUT2D eigenvalue weighted by atomic mass is 19.1. The Balaban J connectivity index is 1.77. The first-order valence-corrected chi connectivity index (χ1v) is 9.77. The molecule has 3 rings (SSSR count). The molecule has 2 aromatic rings. The maximum atomic E-state index is 13.7. The highest BCUT2D eigenvalue weighted by Gasteiger charge is 2.50. The molecular weight excluding hydrogens is 373 g/mol. The van der Waals surface area contributed by atoms with Crippen molar-refractivity contribution < 1.29 is 19.0 Å². The Kier molecular flexibility index (Phi) is 6.19. The number of benzene rings is 1. The molecule has 29 heavy (non-hydrogen) atoms. The van der Waals surface area contributed by atoms with Gasteiger partial charge in [0.1, 0.15) is 18.5 Å². The number of hydrogen-bond donors (Lipinski definition) is 2. The largest absolute Gasteiger partial charge is 0.465 e. The molecule has 1 aliphatic heterocycles. The number of aromatic nitrogens is 1. The maximum Gasteiger partial charge on any atom is 0.410 e. The van der Waals surface area contributed by atoms with Crippen LogP contribution < -0.4 is 5.32 Å². The zero-order valence-corrected chi connectivity index (χ0v) is 17.2. The third kappa shape index (κ3) is 4.57. The van der Waals surface area contributed by atoms with E-state index >= 15 is 0 Å². The fourth-order valence-electron chi connectivity index (χ4n) is 3.67. The zero-order valence-electron chi connectivity index (χ0n) is 17.2. The summed E-state index contributed by atoms with van der Waals surface area (Å²) in [6.07, 6.45) is -0.00410. The molecule has 1 aromatic heterocycles. The van der Waals surface area contributed by atoms with E-state index in [1.54, 1.807) is 13.8 Å². The van der Waals surface area contributed by atoms with Crippen molar-refractivity contribution >= 4 is 6.09 Å². The SMILES string of the molecule is CC(C)NCc1ccc(-c2ccc([C@H]3OC(C)(C)N(C(=O)O)[C@@H]3CF)cc2)cn1. The monoisotopic (exact) mass is 401 g/mol. The first kappa shape index (κ1) is 21.2. The molecule has 2 heterocycles. The van der Waals surface area contributed by atoms with E-state index in [4.69, 9.17) is 4.74 Å². The van der Waals surface area contributed by atoms with Crippen LogP contribution in [0.25, 0.3) is 11.1 Å². The molecular formula is C22H28FN3O3. The van der Waals surface area contributed by atoms with Crippen LogP contribution in [0.2, 0.25) is 0 Å². The van der Waals surface area contributed by atoms with Gasteiger partial charge in [-0.1, -0.05) is 44.2 Å². The Morgan fingerprint density at radius 3 is 2.41 bits per heavy atom. The summed E-state index contributed by atoms with van der Waals surface area (Å²) < 4.78 is 19.6. The van der Waals surface area contributed by atoms with Crippen molar-refractivity contribution in [2.24, 2.45) is 0 Å². The lowest BCUT2D eigenvalue weighted by molar-refractivity contribution is -0.0674. The molecule has 0 aliphatic carbocycles. The van der Waals surface area contributed by atoms with E-state index in [0.717, 1.165) is 33.8 Å². The summed E-state index contributed by atoms with van der Waals surface area (Å²) >= 11 is 0. The summed E-state index contributed by atoms with van der Waals surface area (Å²) in [7, 11) is 0. The second-order valence-corrected chi connectivity index (χ2v) is 8.06. The van der Waals surface area contributed by atoms with Crippen molar-refractivity contribution in [1.82, 2.24) is 15.2 Å². The number of nitrogens with zero attached hydrogens (tertiary/aromatic N) is 2. The second-order valence-electron chi connectivity index (χ2n) is 8.06. The molecule has 1 aliphatic rings. The standard InChI is InChI=1S/C22H28FN3O3/c1-14(2)24-13-18-10-9-17(12-25-18)15-5-7-16(8-6-15)20-19(11-23)26(21(27)28)22(3,4)29-20/h5-10,12,14,19-20,24H,11,13H2,1-4H3,(H,27,28)/t19-,20-/m1/s1. The van der Waals surface area contributed by atoms with E-state index < -0.39 is 30.6 Å². The molecule has 1 amide bonds. The number of hydrogen-bond acceptors (Lipinski definition) is 4. The van der Waals surface area contributed by atoms with Gasteiger partial charge in [-0.2, -0.15) is 0 Å². The number of nitrogens with one attached hydrogen (secondary N) is 1. The van der Waals surface area contributed by atoms with Gasteiger partial charge in [-0.3, -0.25) is 9.88 Å². The lowest BCUT2D eigenvalue weighted by atomic mass is 9.99. The van der Waals surface area contributed by atoms with Crippen molar-refractivity contribution in [2.45, 2.75) is 58.2 Å². The van der Waals surface area contributed by atoms with Gasteiger partial charge < -0.3 is 15.2 Å². The van der Waals surface area contributed by atoms with Gasteiger partial charge in [-0.05, 0) is 31.0 Å². The molecule has 1 fully saturated rings. The fourth-order valence-corrected chi connectivity index (χ4v) is 3.67. The summed E-state index contributed by atoms with van der Waals surface area (Å²) in [6, 6.07) is 11.1. The van der Waals surface area contributed by atoms with Crippen molar-refractivity contribution in [3.63, 3.8) is 0 Å². The van der Waals surface area contributed by atoms with Crippen LogP contribution in [0, 0.1) is 0 Å². The minimum Gasteiger partial charge on any atom is -0.465 e. The molecule has 2 N–H and O–H groups in total. The summed E-state index contributed by atoms with van der Waals surface area (Å²) in [4.78, 5) is 17.1. The normalized spacial score (nSPS) is 21.0. The summed E-state index contributed by atoms with van der Waals surface area (Å²) in [5.74, 6) is 0. The number of halogens is 1. The highest BCUT2D eigenvalue weighted by molar-refractivity contribution is 5.67. The first-order valence-electron chi connectivity index (χ1n) is 9.77. The van der Waals surface area contributed by atoms with E-state index in [1.165, 1.54) is 0 Å². The second kappa shape index (κ2) is 8.47. The van der Waals surface area contributed by atoms with Crippen LogP contribution in [0.5, 0.6) is 0 Å². The van der Waals surface area contributed by atoms with E-state index in [2.05, 4.69) is 24.1 Å². The molecule has 0 unspecified atom stereocenters. The number of alkyl halides is 1. The van der Waals surface area contributed by atoms with E-state index in [0.29, 0.717) is 6.04 Å². The van der Waals surface area contributed by atoms with Gasteiger partial charge in [0.25, 0.3) is 0 Å². The lowest BCUT2D eigenvalue weighted by Gasteiger charge is -2.29. The molecule has 1 saturated heterocycles. The third-order valence-corrected chi connectivity index (χ3v) is 5.13. The molecule has 7 heteroatoms. The number of carboxylic acid groups (broad SMARTS) is 1. The van der Waals surface area contributed by atoms with Crippen LogP contribution in [-0.4, -0.2) is 45.6 Å². The number of pyridine rings is 1. The predicted octanol–water partition coefficient (Wildman–Crippen LogP) is 4.37. The molecule has 2 atom stereocenters. The Labute approximate surface area is 170 Å². The molecule has 1 aromatic carbocycles. The van der Waals surface area contributed by atoms with Crippen LogP contribution in [0.3, 0.4) is 0 Å². The number of carbonyl (C=O) groups is 1. The highest BCUT2D eigenvalue weighted by Crippen LogP contribution is 2.41. The molecule has 0 radical (unpaired) electrons. The average Bonchev–Trinajstić information content (AvgIpc) is 2.97. The predicted molar refractivity (Wildman–Crippen MR) is 109 cm³/mol. The smallest absolute Gasteiger partial charge is 0.410 e. The van der Waals surface area contributed by atoms with Crippen LogP contribution >= 0.6 is 0 Å². The minimum atomic E-state index is -1.19. The topological polar surface area (TPSA) is 74.7 Å². The van der Waals surface area contributed by atoms with Gasteiger partial charge in [0.2, 0.25) is 0 Å². The number of amides is 1. The Morgan fingerprint density at radius 2 is 1.90 bits per heavy atom. The van der Waals surface area contributed by atoms with Crippen LogP contribution in [0.4, 0.5) is 9.18 Å². The molecule has 156 valence electrons. The van der Waals surface area contributed by atoms with Gasteiger partial charge in [0.05, 0.1) is 11.7 Å². The zero-order chi connectivity index (χ0) is 21.2. The third-order valence-electron chi connectivity index (χ3n) is 5.13. The lowest BCUT2D eigenvalue weighted by Crippen LogP contribution is -2.48. The first-order chi connectivity index (χ1) is 13.7. The van der Waals surface area contributed by atoms with E-state index in [1.807, 2.05) is 42.6 Å². The van der Waals surface area contributed by atoms with Crippen molar-refractivity contribution in [3.8, 4) is 11.1 Å². The van der Waals surface area contributed by atoms with Crippen molar-refractivity contribution in [3.05, 3.63) is 53.9 Å². The Morgan fingerprint density at radius 1 is 1.24 bits per heavy atom.